The van der Waals surface area contributed by atoms with Crippen LogP contribution in [0.4, 0.5) is 0 Å². The van der Waals surface area contributed by atoms with Crippen LogP contribution < -0.4 is 26.0 Å². The summed E-state index contributed by atoms with van der Waals surface area (Å²) in [6.07, 6.45) is 0. The molecule has 0 bridgehead atoms. The zero-order chi connectivity index (χ0) is 23.7. The maximum absolute atomic E-state index is 13.4. The molecule has 0 aliphatic carbocycles. The minimum atomic E-state index is -0.611. The summed E-state index contributed by atoms with van der Waals surface area (Å²) >= 11 is 2.71. The highest BCUT2D eigenvalue weighted by Gasteiger charge is 2.21. The van der Waals surface area contributed by atoms with Crippen molar-refractivity contribution in [1.29, 1.82) is 0 Å². The van der Waals surface area contributed by atoms with Crippen molar-refractivity contribution < 1.29 is 14.3 Å². The van der Waals surface area contributed by atoms with Gasteiger partial charge >= 0.3 is 5.69 Å². The van der Waals surface area contributed by atoms with Gasteiger partial charge in [-0.25, -0.2) is 14.3 Å². The van der Waals surface area contributed by atoms with Crippen molar-refractivity contribution in [3.8, 4) is 17.2 Å². The van der Waals surface area contributed by atoms with Gasteiger partial charge in [-0.3, -0.25) is 14.2 Å². The Labute approximate surface area is 202 Å². The number of aromatic nitrogens is 3. The van der Waals surface area contributed by atoms with Crippen LogP contribution in [0.25, 0.3) is 16.0 Å². The smallest absolute Gasteiger partial charge is 0.337 e. The molecule has 34 heavy (non-hydrogen) atoms. The van der Waals surface area contributed by atoms with Gasteiger partial charge in [-0.2, -0.15) is 0 Å². The normalized spacial score (nSPS) is 12.3. The van der Waals surface area contributed by atoms with Crippen LogP contribution in [0.1, 0.15) is 12.5 Å². The molecule has 11 heteroatoms. The van der Waals surface area contributed by atoms with Crippen molar-refractivity contribution >= 4 is 39.4 Å². The first-order valence-corrected chi connectivity index (χ1v) is 12.3. The quantitative estimate of drug-likeness (QED) is 0.392. The topological polar surface area (TPSA) is 104 Å². The van der Waals surface area contributed by atoms with Gasteiger partial charge in [0.2, 0.25) is 12.7 Å². The highest BCUT2D eigenvalue weighted by Crippen LogP contribution is 2.32. The molecule has 0 spiro atoms. The van der Waals surface area contributed by atoms with E-state index in [1.165, 1.54) is 27.7 Å². The SMILES string of the molecule is CCSc1nc2c(s1)c(=O)n(-c1ccccc1)c(=O)n2CC(=O)NCc1ccc2c(c1)OCO2. The molecule has 1 aliphatic heterocycles. The molecule has 0 atom stereocenters. The molecule has 0 unspecified atom stereocenters. The van der Waals surface area contributed by atoms with Crippen molar-refractivity contribution in [3.05, 3.63) is 74.9 Å². The summed E-state index contributed by atoms with van der Waals surface area (Å²) in [6, 6.07) is 14.1. The Hall–Kier alpha value is -3.57. The first-order chi connectivity index (χ1) is 16.5. The van der Waals surface area contributed by atoms with Crippen molar-refractivity contribution in [2.24, 2.45) is 0 Å². The molecule has 0 saturated carbocycles. The van der Waals surface area contributed by atoms with Crippen LogP contribution in [-0.4, -0.2) is 32.6 Å². The maximum atomic E-state index is 13.4. The van der Waals surface area contributed by atoms with E-state index in [2.05, 4.69) is 10.3 Å². The van der Waals surface area contributed by atoms with E-state index in [-0.39, 0.29) is 31.4 Å². The number of nitrogens with zero attached hydrogens (tertiary/aromatic N) is 3. The van der Waals surface area contributed by atoms with Crippen molar-refractivity contribution in [3.63, 3.8) is 0 Å². The summed E-state index contributed by atoms with van der Waals surface area (Å²) in [6.45, 7) is 2.13. The van der Waals surface area contributed by atoms with Gasteiger partial charge in [-0.15, -0.1) is 11.3 Å². The lowest BCUT2D eigenvalue weighted by molar-refractivity contribution is -0.121. The van der Waals surface area contributed by atoms with Crippen LogP contribution in [0.3, 0.4) is 0 Å². The Morgan fingerprint density at radius 3 is 2.74 bits per heavy atom. The zero-order valence-corrected chi connectivity index (χ0v) is 19.8. The Bertz CT molecular complexity index is 1490. The maximum Gasteiger partial charge on any atom is 0.337 e. The van der Waals surface area contributed by atoms with Gasteiger partial charge in [0.25, 0.3) is 5.56 Å². The second kappa shape index (κ2) is 9.35. The average molecular weight is 497 g/mol. The molecule has 3 heterocycles. The molecule has 0 fully saturated rings. The van der Waals surface area contributed by atoms with E-state index in [0.717, 1.165) is 15.9 Å². The summed E-state index contributed by atoms with van der Waals surface area (Å²) in [7, 11) is 0. The summed E-state index contributed by atoms with van der Waals surface area (Å²) < 4.78 is 14.0. The number of thiazole rings is 1. The van der Waals surface area contributed by atoms with E-state index in [0.29, 0.717) is 26.2 Å². The van der Waals surface area contributed by atoms with Gasteiger partial charge < -0.3 is 14.8 Å². The number of benzene rings is 2. The predicted octanol–water partition coefficient (Wildman–Crippen LogP) is 2.77. The van der Waals surface area contributed by atoms with Crippen LogP contribution in [0.15, 0.2) is 62.5 Å². The van der Waals surface area contributed by atoms with Crippen LogP contribution in [0, 0.1) is 0 Å². The summed E-state index contributed by atoms with van der Waals surface area (Å²) in [5, 5.41) is 2.82. The van der Waals surface area contributed by atoms with Crippen LogP contribution in [0.5, 0.6) is 11.5 Å². The van der Waals surface area contributed by atoms with Gasteiger partial charge in [0.05, 0.1) is 5.69 Å². The number of thioether (sulfide) groups is 1. The Kier molecular flexibility index (Phi) is 6.12. The van der Waals surface area contributed by atoms with E-state index in [4.69, 9.17) is 9.47 Å². The molecule has 0 radical (unpaired) electrons. The molecule has 1 aliphatic rings. The molecule has 174 valence electrons. The van der Waals surface area contributed by atoms with E-state index in [9.17, 15) is 14.4 Å². The number of hydrogen-bond donors (Lipinski definition) is 1. The third-order valence-electron chi connectivity index (χ3n) is 5.18. The largest absolute Gasteiger partial charge is 0.454 e. The molecule has 1 N–H and O–H groups in total. The van der Waals surface area contributed by atoms with Crippen LogP contribution >= 0.6 is 23.1 Å². The second-order valence-corrected chi connectivity index (χ2v) is 9.88. The predicted molar refractivity (Wildman–Crippen MR) is 130 cm³/mol. The third-order valence-corrected chi connectivity index (χ3v) is 7.23. The van der Waals surface area contributed by atoms with Gasteiger partial charge in [0.1, 0.15) is 11.2 Å². The van der Waals surface area contributed by atoms with Gasteiger partial charge in [-0.1, -0.05) is 43.0 Å². The minimum absolute atomic E-state index is 0.174. The fraction of sp³-hybridized carbons (Fsp3) is 0.217. The Morgan fingerprint density at radius 2 is 1.94 bits per heavy atom. The first-order valence-electron chi connectivity index (χ1n) is 10.5. The number of amides is 1. The molecule has 4 aromatic rings. The lowest BCUT2D eigenvalue weighted by atomic mass is 10.2. The number of ether oxygens (including phenoxy) is 2. The number of fused-ring (bicyclic) bond motifs is 2. The van der Waals surface area contributed by atoms with Crippen LogP contribution in [-0.2, 0) is 17.9 Å². The minimum Gasteiger partial charge on any atom is -0.454 e. The number of carbonyl (C=O) groups excluding carboxylic acids is 1. The third kappa shape index (κ3) is 4.19. The summed E-state index contributed by atoms with van der Waals surface area (Å²) in [4.78, 5) is 43.9. The van der Waals surface area contributed by atoms with Crippen molar-refractivity contribution in [2.75, 3.05) is 12.5 Å². The number of nitrogens with one attached hydrogen (secondary N) is 1. The van der Waals surface area contributed by atoms with Crippen LogP contribution in [0.2, 0.25) is 0 Å². The standard InChI is InChI=1S/C23H20N4O5S2/c1-2-33-22-25-20-19(34-22)21(29)27(15-6-4-3-5-7-15)23(30)26(20)12-18(28)24-11-14-8-9-16-17(10-14)32-13-31-16/h3-10H,2,11-13H2,1H3,(H,24,28). The summed E-state index contributed by atoms with van der Waals surface area (Å²) in [5.41, 5.74) is 0.442. The zero-order valence-electron chi connectivity index (χ0n) is 18.1. The van der Waals surface area contributed by atoms with Gasteiger partial charge in [-0.05, 0) is 35.6 Å². The number of hydrogen-bond acceptors (Lipinski definition) is 8. The number of carbonyl (C=O) groups is 1. The molecule has 2 aromatic carbocycles. The molecule has 1 amide bonds. The molecule has 5 rings (SSSR count). The van der Waals surface area contributed by atoms with Crippen molar-refractivity contribution in [1.82, 2.24) is 19.4 Å². The van der Waals surface area contributed by atoms with Gasteiger partial charge in [0.15, 0.2) is 21.5 Å². The second-order valence-electron chi connectivity index (χ2n) is 7.37. The molecule has 0 saturated heterocycles. The van der Waals surface area contributed by atoms with E-state index in [1.807, 2.05) is 13.0 Å². The monoisotopic (exact) mass is 496 g/mol. The lowest BCUT2D eigenvalue weighted by Gasteiger charge is -2.12. The molecule has 2 aromatic heterocycles. The van der Waals surface area contributed by atoms with Gasteiger partial charge in [0, 0.05) is 6.54 Å². The average Bonchev–Trinajstić information content (AvgIpc) is 3.48. The van der Waals surface area contributed by atoms with E-state index >= 15 is 0 Å². The van der Waals surface area contributed by atoms with E-state index in [1.54, 1.807) is 42.5 Å². The molecule has 9 nitrogen and oxygen atoms in total. The number of rotatable bonds is 7. The Morgan fingerprint density at radius 1 is 1.15 bits per heavy atom. The molecular formula is C23H20N4O5S2. The fourth-order valence-corrected chi connectivity index (χ4v) is 5.57. The highest BCUT2D eigenvalue weighted by atomic mass is 32.2. The highest BCUT2D eigenvalue weighted by molar-refractivity contribution is 8.01. The first kappa shape index (κ1) is 22.2. The summed E-state index contributed by atoms with van der Waals surface area (Å²) in [5.74, 6) is 1.68. The lowest BCUT2D eigenvalue weighted by Crippen LogP contribution is -2.41. The fourth-order valence-electron chi connectivity index (χ4n) is 3.60. The number of para-hydroxylation sites is 1. The van der Waals surface area contributed by atoms with Crippen molar-refractivity contribution in [2.45, 2.75) is 24.4 Å². The Balaban J connectivity index is 1.48. The molecular weight excluding hydrogens is 476 g/mol. The van der Waals surface area contributed by atoms with E-state index < -0.39 is 11.2 Å².